The lowest BCUT2D eigenvalue weighted by atomic mass is 10.1. The van der Waals surface area contributed by atoms with Gasteiger partial charge in [-0.15, -0.1) is 0 Å². The lowest BCUT2D eigenvalue weighted by Crippen LogP contribution is -2.18. The fourth-order valence-corrected chi connectivity index (χ4v) is 3.58. The van der Waals surface area contributed by atoms with Crippen LogP contribution in [0.2, 0.25) is 0 Å². The lowest BCUT2D eigenvalue weighted by Gasteiger charge is -2.16. The van der Waals surface area contributed by atoms with Crippen molar-refractivity contribution in [2.75, 3.05) is 17.7 Å². The lowest BCUT2D eigenvalue weighted by molar-refractivity contribution is -0.118. The number of benzene rings is 2. The molecule has 0 saturated carbocycles. The predicted molar refractivity (Wildman–Crippen MR) is 135 cm³/mol. The van der Waals surface area contributed by atoms with Gasteiger partial charge >= 0.3 is 0 Å². The number of nitrogens with zero attached hydrogens (tertiary/aromatic N) is 6. The standard InChI is InChI=1S/C25H21N9O2/c1-15-10-17(4-3-9-26)11-19(36-2)21(15)31-23-22-24(34(14-29-22)13-20(28)35)33-25(32-23)30-18-7-5-16(12-27)6-8-18/h3-8,10-11,14H,13H2,1-2H3,(H2,28,35)(H2,30,31,32,33). The van der Waals surface area contributed by atoms with Crippen LogP contribution in [0.3, 0.4) is 0 Å². The van der Waals surface area contributed by atoms with Crippen molar-refractivity contribution in [1.29, 1.82) is 10.5 Å². The Balaban J connectivity index is 1.80. The molecule has 0 atom stereocenters. The fourth-order valence-electron chi connectivity index (χ4n) is 3.58. The number of imidazole rings is 1. The van der Waals surface area contributed by atoms with Gasteiger partial charge in [0.2, 0.25) is 11.9 Å². The van der Waals surface area contributed by atoms with Gasteiger partial charge in [0.05, 0.1) is 36.8 Å². The predicted octanol–water partition coefficient (Wildman–Crippen LogP) is 3.52. The molecule has 0 aliphatic carbocycles. The van der Waals surface area contributed by atoms with E-state index in [1.165, 1.54) is 17.0 Å². The molecule has 4 N–H and O–H groups in total. The summed E-state index contributed by atoms with van der Waals surface area (Å²) in [5.41, 5.74) is 9.72. The highest BCUT2D eigenvalue weighted by atomic mass is 16.5. The summed E-state index contributed by atoms with van der Waals surface area (Å²) >= 11 is 0. The summed E-state index contributed by atoms with van der Waals surface area (Å²) < 4.78 is 7.12. The number of rotatable bonds is 8. The SMILES string of the molecule is COc1cc(C=CC#N)cc(C)c1Nc1nc(Nc2ccc(C#N)cc2)nc2c1ncn2CC(N)=O. The summed E-state index contributed by atoms with van der Waals surface area (Å²) in [4.78, 5) is 25.1. The summed E-state index contributed by atoms with van der Waals surface area (Å²) in [5, 5.41) is 24.3. The van der Waals surface area contributed by atoms with Crippen molar-refractivity contribution in [2.45, 2.75) is 13.5 Å². The molecule has 2 aromatic heterocycles. The van der Waals surface area contributed by atoms with Crippen molar-refractivity contribution in [3.05, 3.63) is 65.5 Å². The van der Waals surface area contributed by atoms with Gasteiger partial charge in [-0.1, -0.05) is 0 Å². The number of nitriles is 2. The van der Waals surface area contributed by atoms with Crippen LogP contribution in [0.5, 0.6) is 5.75 Å². The Kier molecular flexibility index (Phi) is 6.75. The number of nitrogens with two attached hydrogens (primary N) is 1. The normalized spacial score (nSPS) is 10.7. The average molecular weight is 480 g/mol. The molecular weight excluding hydrogens is 458 g/mol. The molecule has 1 amide bonds. The molecule has 0 radical (unpaired) electrons. The maximum atomic E-state index is 11.6. The van der Waals surface area contributed by atoms with Crippen molar-refractivity contribution >= 4 is 46.3 Å². The van der Waals surface area contributed by atoms with E-state index in [9.17, 15) is 4.79 Å². The molecule has 0 bridgehead atoms. The zero-order chi connectivity index (χ0) is 25.7. The number of nitrogens with one attached hydrogen (secondary N) is 2. The van der Waals surface area contributed by atoms with Crippen LogP contribution >= 0.6 is 0 Å². The average Bonchev–Trinajstić information content (AvgIpc) is 3.26. The topological polar surface area (TPSA) is 168 Å². The van der Waals surface area contributed by atoms with E-state index in [-0.39, 0.29) is 12.5 Å². The van der Waals surface area contributed by atoms with E-state index in [4.69, 9.17) is 21.0 Å². The van der Waals surface area contributed by atoms with Gasteiger partial charge in [0, 0.05) is 11.8 Å². The number of allylic oxidation sites excluding steroid dienone is 1. The monoisotopic (exact) mass is 479 g/mol. The Morgan fingerprint density at radius 2 is 1.97 bits per heavy atom. The molecule has 0 aliphatic heterocycles. The van der Waals surface area contributed by atoms with Crippen LogP contribution in [0.15, 0.2) is 48.8 Å². The van der Waals surface area contributed by atoms with Crippen molar-refractivity contribution in [3.63, 3.8) is 0 Å². The molecule has 0 fully saturated rings. The van der Waals surface area contributed by atoms with Crippen molar-refractivity contribution < 1.29 is 9.53 Å². The number of aromatic nitrogens is 4. The van der Waals surface area contributed by atoms with E-state index in [1.54, 1.807) is 43.5 Å². The van der Waals surface area contributed by atoms with E-state index < -0.39 is 5.91 Å². The molecular formula is C25H21N9O2. The third-order valence-electron chi connectivity index (χ3n) is 5.20. The minimum atomic E-state index is -0.539. The number of ether oxygens (including phenoxy) is 1. The van der Waals surface area contributed by atoms with Gasteiger partial charge in [-0.05, 0) is 60.5 Å². The number of hydrogen-bond donors (Lipinski definition) is 3. The van der Waals surface area contributed by atoms with Gasteiger partial charge in [-0.3, -0.25) is 4.79 Å². The Morgan fingerprint density at radius 3 is 2.64 bits per heavy atom. The van der Waals surface area contributed by atoms with Gasteiger partial charge in [0.15, 0.2) is 17.0 Å². The Hall–Kier alpha value is -5.42. The van der Waals surface area contributed by atoms with Crippen LogP contribution in [0.4, 0.5) is 23.1 Å². The quantitative estimate of drug-likeness (QED) is 0.320. The molecule has 178 valence electrons. The minimum Gasteiger partial charge on any atom is -0.495 e. The second-order valence-corrected chi connectivity index (χ2v) is 7.72. The number of methoxy groups -OCH3 is 1. The van der Waals surface area contributed by atoms with E-state index in [1.807, 2.05) is 19.1 Å². The first kappa shape index (κ1) is 23.7. The molecule has 0 saturated heterocycles. The highest BCUT2D eigenvalue weighted by Crippen LogP contribution is 2.34. The van der Waals surface area contributed by atoms with Crippen molar-refractivity contribution in [1.82, 2.24) is 19.5 Å². The molecule has 11 nitrogen and oxygen atoms in total. The maximum absolute atomic E-state index is 11.6. The summed E-state index contributed by atoms with van der Waals surface area (Å²) in [5.74, 6) is 0.618. The van der Waals surface area contributed by atoms with Crippen LogP contribution < -0.4 is 21.1 Å². The van der Waals surface area contributed by atoms with Crippen molar-refractivity contribution in [3.8, 4) is 17.9 Å². The highest BCUT2D eigenvalue weighted by molar-refractivity contribution is 5.89. The number of anilines is 4. The summed E-state index contributed by atoms with van der Waals surface area (Å²) in [6, 6.07) is 14.6. The van der Waals surface area contributed by atoms with Crippen LogP contribution in [0.1, 0.15) is 16.7 Å². The van der Waals surface area contributed by atoms with Gasteiger partial charge in [0.25, 0.3) is 0 Å². The number of carbonyl (C=O) groups excluding carboxylic acids is 1. The third kappa shape index (κ3) is 5.05. The molecule has 4 aromatic rings. The first-order valence-electron chi connectivity index (χ1n) is 10.7. The third-order valence-corrected chi connectivity index (χ3v) is 5.20. The molecule has 0 spiro atoms. The van der Waals surface area contributed by atoms with Crippen LogP contribution in [-0.2, 0) is 11.3 Å². The Morgan fingerprint density at radius 1 is 1.19 bits per heavy atom. The molecule has 0 aliphatic rings. The Bertz CT molecular complexity index is 1560. The molecule has 0 unspecified atom stereocenters. The number of carbonyl (C=O) groups is 1. The van der Waals surface area contributed by atoms with Crippen LogP contribution in [0, 0.1) is 29.6 Å². The number of aryl methyl sites for hydroxylation is 1. The first-order chi connectivity index (χ1) is 17.4. The maximum Gasteiger partial charge on any atom is 0.237 e. The van der Waals surface area contributed by atoms with Crippen LogP contribution in [-0.4, -0.2) is 32.5 Å². The number of primary amides is 1. The molecule has 11 heteroatoms. The van der Waals surface area contributed by atoms with E-state index in [0.717, 1.165) is 11.1 Å². The smallest absolute Gasteiger partial charge is 0.237 e. The Labute approximate surface area is 206 Å². The minimum absolute atomic E-state index is 0.106. The van der Waals surface area contributed by atoms with Crippen LogP contribution in [0.25, 0.3) is 17.2 Å². The molecule has 36 heavy (non-hydrogen) atoms. The van der Waals surface area contributed by atoms with E-state index >= 15 is 0 Å². The van der Waals surface area contributed by atoms with Gasteiger partial charge in [-0.25, -0.2) is 4.98 Å². The fraction of sp³-hybridized carbons (Fsp3) is 0.120. The van der Waals surface area contributed by atoms with E-state index in [2.05, 4.69) is 31.7 Å². The second-order valence-electron chi connectivity index (χ2n) is 7.72. The van der Waals surface area contributed by atoms with Gasteiger partial charge in [0.1, 0.15) is 12.3 Å². The summed E-state index contributed by atoms with van der Waals surface area (Å²) in [6.07, 6.45) is 4.55. The van der Waals surface area contributed by atoms with E-state index in [0.29, 0.717) is 39.7 Å². The molecule has 2 heterocycles. The second kappa shape index (κ2) is 10.2. The number of fused-ring (bicyclic) bond motifs is 1. The van der Waals surface area contributed by atoms with Gasteiger partial charge in [-0.2, -0.15) is 20.5 Å². The molecule has 2 aromatic carbocycles. The first-order valence-corrected chi connectivity index (χ1v) is 10.7. The summed E-state index contributed by atoms with van der Waals surface area (Å²) in [6.45, 7) is 1.79. The van der Waals surface area contributed by atoms with Crippen molar-refractivity contribution in [2.24, 2.45) is 5.73 Å². The van der Waals surface area contributed by atoms with Gasteiger partial charge < -0.3 is 25.7 Å². The number of amides is 1. The summed E-state index contributed by atoms with van der Waals surface area (Å²) in [7, 11) is 1.55. The molecule has 4 rings (SSSR count). The number of hydrogen-bond acceptors (Lipinski definition) is 9. The zero-order valence-electron chi connectivity index (χ0n) is 19.5. The zero-order valence-corrected chi connectivity index (χ0v) is 19.5. The largest absolute Gasteiger partial charge is 0.495 e. The highest BCUT2D eigenvalue weighted by Gasteiger charge is 2.18.